The first-order valence-electron chi connectivity index (χ1n) is 9.21. The molecule has 7 nitrogen and oxygen atoms in total. The van der Waals surface area contributed by atoms with Gasteiger partial charge in [-0.15, -0.1) is 0 Å². The third kappa shape index (κ3) is 4.76. The van der Waals surface area contributed by atoms with Crippen molar-refractivity contribution in [3.63, 3.8) is 0 Å². The number of carbonyl (C=O) groups excluding carboxylic acids is 3. The molecule has 1 aromatic carbocycles. The average molecular weight is 420 g/mol. The van der Waals surface area contributed by atoms with Gasteiger partial charge in [0.25, 0.3) is 0 Å². The van der Waals surface area contributed by atoms with Crippen LogP contribution in [0, 0.1) is 0 Å². The van der Waals surface area contributed by atoms with E-state index in [9.17, 15) is 27.6 Å². The summed E-state index contributed by atoms with van der Waals surface area (Å²) in [6.07, 6.45) is 0.0276. The molecule has 1 aliphatic rings. The molecule has 3 amide bonds. The maximum absolute atomic E-state index is 12.8. The lowest BCUT2D eigenvalue weighted by atomic mass is 9.94. The molecule has 10 heteroatoms. The zero-order valence-electron chi connectivity index (χ0n) is 15.8. The number of carbonyl (C=O) groups is 3. The highest BCUT2D eigenvalue weighted by Crippen LogP contribution is 2.34. The van der Waals surface area contributed by atoms with Gasteiger partial charge in [0.05, 0.1) is 29.1 Å². The SMILES string of the molecule is NC(=O)c1cncc(NC(=O)C(=O)N2CCCC[C@H]2c2ccc(C(F)(F)F)cc2)c1. The Morgan fingerprint density at radius 1 is 1.10 bits per heavy atom. The molecule has 1 fully saturated rings. The van der Waals surface area contributed by atoms with E-state index >= 15 is 0 Å². The van der Waals surface area contributed by atoms with Crippen molar-refractivity contribution in [3.8, 4) is 0 Å². The summed E-state index contributed by atoms with van der Waals surface area (Å²) in [6.45, 7) is 0.303. The molecule has 2 aromatic rings. The van der Waals surface area contributed by atoms with E-state index in [0.717, 1.165) is 18.6 Å². The van der Waals surface area contributed by atoms with E-state index in [4.69, 9.17) is 5.73 Å². The number of halogens is 3. The van der Waals surface area contributed by atoms with Gasteiger partial charge in [0, 0.05) is 12.7 Å². The Labute approximate surface area is 170 Å². The summed E-state index contributed by atoms with van der Waals surface area (Å²) >= 11 is 0. The van der Waals surface area contributed by atoms with Crippen molar-refractivity contribution in [3.05, 3.63) is 59.4 Å². The first kappa shape index (κ1) is 21.3. The molecule has 1 atom stereocenters. The highest BCUT2D eigenvalue weighted by Gasteiger charge is 2.34. The molecule has 3 N–H and O–H groups in total. The third-order valence-electron chi connectivity index (χ3n) is 4.86. The quantitative estimate of drug-likeness (QED) is 0.745. The minimum atomic E-state index is -4.45. The van der Waals surface area contributed by atoms with E-state index in [-0.39, 0.29) is 11.3 Å². The van der Waals surface area contributed by atoms with Crippen LogP contribution in [0.25, 0.3) is 0 Å². The van der Waals surface area contributed by atoms with Crippen LogP contribution in [0.4, 0.5) is 18.9 Å². The molecule has 1 aliphatic heterocycles. The van der Waals surface area contributed by atoms with Crippen LogP contribution in [0.5, 0.6) is 0 Å². The fourth-order valence-electron chi connectivity index (χ4n) is 3.37. The Morgan fingerprint density at radius 3 is 2.43 bits per heavy atom. The van der Waals surface area contributed by atoms with Crippen LogP contribution in [0.2, 0.25) is 0 Å². The zero-order chi connectivity index (χ0) is 21.9. The van der Waals surface area contributed by atoms with Crippen LogP contribution in [0.15, 0.2) is 42.7 Å². The average Bonchev–Trinajstić information content (AvgIpc) is 2.73. The second-order valence-corrected chi connectivity index (χ2v) is 6.91. The highest BCUT2D eigenvalue weighted by atomic mass is 19.4. The number of nitrogens with one attached hydrogen (secondary N) is 1. The molecule has 158 valence electrons. The maximum atomic E-state index is 12.8. The molecule has 2 heterocycles. The Morgan fingerprint density at radius 2 is 1.80 bits per heavy atom. The zero-order valence-corrected chi connectivity index (χ0v) is 15.8. The normalized spacial score (nSPS) is 16.8. The Bertz CT molecular complexity index is 961. The van der Waals surface area contributed by atoms with Gasteiger partial charge in [-0.1, -0.05) is 12.1 Å². The molecule has 0 saturated carbocycles. The molecule has 30 heavy (non-hydrogen) atoms. The number of nitrogens with zero attached hydrogens (tertiary/aromatic N) is 2. The van der Waals surface area contributed by atoms with E-state index in [1.165, 1.54) is 35.5 Å². The maximum Gasteiger partial charge on any atom is 0.416 e. The van der Waals surface area contributed by atoms with E-state index in [1.807, 2.05) is 0 Å². The van der Waals surface area contributed by atoms with Crippen LogP contribution < -0.4 is 11.1 Å². The van der Waals surface area contributed by atoms with E-state index in [0.29, 0.717) is 24.9 Å². The highest BCUT2D eigenvalue weighted by molar-refractivity contribution is 6.39. The van der Waals surface area contributed by atoms with Gasteiger partial charge in [-0.05, 0) is 43.0 Å². The van der Waals surface area contributed by atoms with Gasteiger partial charge < -0.3 is 16.0 Å². The van der Waals surface area contributed by atoms with Crippen molar-refractivity contribution >= 4 is 23.4 Å². The lowest BCUT2D eigenvalue weighted by Crippen LogP contribution is -2.44. The second-order valence-electron chi connectivity index (χ2n) is 6.91. The predicted octanol–water partition coefficient (Wildman–Crippen LogP) is 2.89. The van der Waals surface area contributed by atoms with Crippen molar-refractivity contribution in [2.24, 2.45) is 5.73 Å². The fraction of sp³-hybridized carbons (Fsp3) is 0.300. The van der Waals surface area contributed by atoms with Crippen molar-refractivity contribution in [1.82, 2.24) is 9.88 Å². The Hall–Kier alpha value is -3.43. The largest absolute Gasteiger partial charge is 0.416 e. The summed E-state index contributed by atoms with van der Waals surface area (Å²) in [7, 11) is 0. The van der Waals surface area contributed by atoms with Crippen molar-refractivity contribution in [1.29, 1.82) is 0 Å². The van der Waals surface area contributed by atoms with Crippen LogP contribution in [-0.4, -0.2) is 34.2 Å². The minimum absolute atomic E-state index is 0.0702. The molecule has 3 rings (SSSR count). The monoisotopic (exact) mass is 420 g/mol. The number of hydrogen-bond donors (Lipinski definition) is 2. The minimum Gasteiger partial charge on any atom is -0.366 e. The number of nitrogens with two attached hydrogens (primary N) is 1. The van der Waals surface area contributed by atoms with Crippen molar-refractivity contribution in [2.45, 2.75) is 31.5 Å². The second kappa shape index (κ2) is 8.52. The summed E-state index contributed by atoms with van der Waals surface area (Å²) in [5, 5.41) is 2.39. The molecular weight excluding hydrogens is 401 g/mol. The number of amides is 3. The number of alkyl halides is 3. The fourth-order valence-corrected chi connectivity index (χ4v) is 3.37. The van der Waals surface area contributed by atoms with Crippen LogP contribution in [-0.2, 0) is 15.8 Å². The van der Waals surface area contributed by atoms with E-state index < -0.39 is 35.5 Å². The first-order valence-corrected chi connectivity index (χ1v) is 9.21. The summed E-state index contributed by atoms with van der Waals surface area (Å²) in [6, 6.07) is 5.38. The molecule has 0 bridgehead atoms. The van der Waals surface area contributed by atoms with Gasteiger partial charge >= 0.3 is 18.0 Å². The van der Waals surface area contributed by atoms with Crippen molar-refractivity contribution < 1.29 is 27.6 Å². The van der Waals surface area contributed by atoms with Crippen LogP contribution >= 0.6 is 0 Å². The molecule has 1 aromatic heterocycles. The first-order chi connectivity index (χ1) is 14.2. The predicted molar refractivity (Wildman–Crippen MR) is 101 cm³/mol. The number of piperidine rings is 1. The number of rotatable bonds is 3. The van der Waals surface area contributed by atoms with Crippen LogP contribution in [0.1, 0.15) is 46.8 Å². The number of benzene rings is 1. The standard InChI is InChI=1S/C20H19F3N4O3/c21-20(22,23)14-6-4-12(5-7-14)16-3-1-2-8-27(16)19(30)18(29)26-15-9-13(17(24)28)10-25-11-15/h4-7,9-11,16H,1-3,8H2,(H2,24,28)(H,26,29)/t16-/m0/s1. The summed E-state index contributed by atoms with van der Waals surface area (Å²) in [4.78, 5) is 41.6. The molecule has 0 aliphatic carbocycles. The molecule has 0 unspecified atom stereocenters. The lowest BCUT2D eigenvalue weighted by molar-refractivity contribution is -0.145. The topological polar surface area (TPSA) is 105 Å². The van der Waals surface area contributed by atoms with Gasteiger partial charge in [0.1, 0.15) is 0 Å². The van der Waals surface area contributed by atoms with E-state index in [1.54, 1.807) is 0 Å². The summed E-state index contributed by atoms with van der Waals surface area (Å²) in [5.41, 5.74) is 5.13. The number of likely N-dealkylation sites (tertiary alicyclic amines) is 1. The molecular formula is C20H19F3N4O3. The third-order valence-corrected chi connectivity index (χ3v) is 4.86. The number of anilines is 1. The smallest absolute Gasteiger partial charge is 0.366 e. The molecule has 1 saturated heterocycles. The number of pyridine rings is 1. The van der Waals surface area contributed by atoms with E-state index in [2.05, 4.69) is 10.3 Å². The van der Waals surface area contributed by atoms with Crippen LogP contribution in [0.3, 0.4) is 0 Å². The molecule has 0 radical (unpaired) electrons. The van der Waals surface area contributed by atoms with Gasteiger partial charge in [-0.3, -0.25) is 19.4 Å². The summed E-state index contributed by atoms with van der Waals surface area (Å²) < 4.78 is 38.4. The Balaban J connectivity index is 1.76. The number of hydrogen-bond acceptors (Lipinski definition) is 4. The number of primary amides is 1. The Kier molecular flexibility index (Phi) is 6.04. The van der Waals surface area contributed by atoms with Gasteiger partial charge in [0.2, 0.25) is 5.91 Å². The van der Waals surface area contributed by atoms with Gasteiger partial charge in [0.15, 0.2) is 0 Å². The van der Waals surface area contributed by atoms with Crippen molar-refractivity contribution in [2.75, 3.05) is 11.9 Å². The summed E-state index contributed by atoms with van der Waals surface area (Å²) in [5.74, 6) is -2.48. The van der Waals surface area contributed by atoms with Gasteiger partial charge in [-0.2, -0.15) is 13.2 Å². The number of aromatic nitrogens is 1. The lowest BCUT2D eigenvalue weighted by Gasteiger charge is -2.35. The molecule has 0 spiro atoms. The van der Waals surface area contributed by atoms with Gasteiger partial charge in [-0.25, -0.2) is 0 Å².